The van der Waals surface area contributed by atoms with Crippen molar-refractivity contribution in [3.05, 3.63) is 83.9 Å². The molecule has 0 aliphatic heterocycles. The maximum atomic E-state index is 12.4. The third-order valence-corrected chi connectivity index (χ3v) is 3.53. The fourth-order valence-electron chi connectivity index (χ4n) is 2.16. The second kappa shape index (κ2) is 10.2. The first kappa shape index (κ1) is 19.4. The number of carbonyl (C=O) groups is 2. The van der Waals surface area contributed by atoms with E-state index in [0.717, 1.165) is 16.7 Å². The van der Waals surface area contributed by atoms with Crippen LogP contribution in [0.15, 0.2) is 72.8 Å². The van der Waals surface area contributed by atoms with E-state index in [2.05, 4.69) is 11.9 Å². The summed E-state index contributed by atoms with van der Waals surface area (Å²) in [4.78, 5) is 24.7. The van der Waals surface area contributed by atoms with Crippen molar-refractivity contribution in [2.75, 3.05) is 6.54 Å². The van der Waals surface area contributed by atoms with Crippen molar-refractivity contribution in [3.8, 4) is 0 Å². The number of hydrogen-bond acceptors (Lipinski definition) is 5. The molecule has 5 nitrogen and oxygen atoms in total. The molecule has 5 heteroatoms. The zero-order valence-corrected chi connectivity index (χ0v) is 14.8. The van der Waals surface area contributed by atoms with E-state index in [1.54, 1.807) is 6.92 Å². The van der Waals surface area contributed by atoms with Gasteiger partial charge < -0.3 is 9.47 Å². The summed E-state index contributed by atoms with van der Waals surface area (Å²) in [6.07, 6.45) is 0. The minimum Gasteiger partial charge on any atom is -0.459 e. The Labute approximate surface area is 153 Å². The second-order valence-electron chi connectivity index (χ2n) is 5.96. The van der Waals surface area contributed by atoms with E-state index in [4.69, 9.17) is 9.47 Å². The zero-order chi connectivity index (χ0) is 18.8. The van der Waals surface area contributed by atoms with Crippen LogP contribution in [0.4, 0.5) is 0 Å². The number of ether oxygens (including phenoxy) is 2. The standard InChI is InChI=1S/C21H23NO4/c1-16(2)13-22-19(20(23)25-14-17-9-5-3-6-10-17)21(24)26-15-18-11-7-4-8-12-18/h3-12,19,22H,1,13-15H2,2H3. The van der Waals surface area contributed by atoms with Crippen LogP contribution in [0.1, 0.15) is 18.1 Å². The lowest BCUT2D eigenvalue weighted by molar-refractivity contribution is -0.160. The quantitative estimate of drug-likeness (QED) is 0.426. The molecule has 2 rings (SSSR count). The minimum atomic E-state index is -1.20. The summed E-state index contributed by atoms with van der Waals surface area (Å²) < 4.78 is 10.5. The molecule has 1 N–H and O–H groups in total. The van der Waals surface area contributed by atoms with E-state index >= 15 is 0 Å². The van der Waals surface area contributed by atoms with Crippen LogP contribution in [-0.4, -0.2) is 24.5 Å². The fraction of sp³-hybridized carbons (Fsp3) is 0.238. The van der Waals surface area contributed by atoms with Gasteiger partial charge in [0.25, 0.3) is 0 Å². The van der Waals surface area contributed by atoms with E-state index in [1.807, 2.05) is 60.7 Å². The van der Waals surface area contributed by atoms with Gasteiger partial charge in [0.1, 0.15) is 13.2 Å². The molecule has 0 fully saturated rings. The van der Waals surface area contributed by atoms with Crippen molar-refractivity contribution < 1.29 is 19.1 Å². The lowest BCUT2D eigenvalue weighted by atomic mass is 10.2. The molecule has 0 atom stereocenters. The Morgan fingerprint density at radius 3 is 1.69 bits per heavy atom. The molecule has 0 aromatic heterocycles. The summed E-state index contributed by atoms with van der Waals surface area (Å²) in [5, 5.41) is 2.84. The highest BCUT2D eigenvalue weighted by atomic mass is 16.6. The summed E-state index contributed by atoms with van der Waals surface area (Å²) in [6.45, 7) is 6.07. The molecule has 0 aliphatic rings. The van der Waals surface area contributed by atoms with Crippen LogP contribution in [0.5, 0.6) is 0 Å². The lowest BCUT2D eigenvalue weighted by Gasteiger charge is -2.17. The van der Waals surface area contributed by atoms with Crippen molar-refractivity contribution in [2.24, 2.45) is 0 Å². The number of benzene rings is 2. The second-order valence-corrected chi connectivity index (χ2v) is 5.96. The monoisotopic (exact) mass is 353 g/mol. The smallest absolute Gasteiger partial charge is 0.335 e. The summed E-state index contributed by atoms with van der Waals surface area (Å²) >= 11 is 0. The Kier molecular flexibility index (Phi) is 7.58. The van der Waals surface area contributed by atoms with E-state index < -0.39 is 18.0 Å². The van der Waals surface area contributed by atoms with Crippen molar-refractivity contribution in [3.63, 3.8) is 0 Å². The van der Waals surface area contributed by atoms with Gasteiger partial charge in [-0.2, -0.15) is 0 Å². The molecule has 0 saturated heterocycles. The molecule has 136 valence electrons. The average Bonchev–Trinajstić information content (AvgIpc) is 2.66. The molecule has 0 unspecified atom stereocenters. The Bertz CT molecular complexity index is 673. The summed E-state index contributed by atoms with van der Waals surface area (Å²) in [7, 11) is 0. The van der Waals surface area contributed by atoms with Gasteiger partial charge in [0, 0.05) is 6.54 Å². The summed E-state index contributed by atoms with van der Waals surface area (Å²) in [5.41, 5.74) is 2.48. The van der Waals surface area contributed by atoms with Crippen molar-refractivity contribution in [1.29, 1.82) is 0 Å². The minimum absolute atomic E-state index is 0.0941. The highest BCUT2D eigenvalue weighted by Crippen LogP contribution is 2.06. The third-order valence-electron chi connectivity index (χ3n) is 3.53. The van der Waals surface area contributed by atoms with Crippen LogP contribution in [0, 0.1) is 0 Å². The van der Waals surface area contributed by atoms with Gasteiger partial charge in [-0.15, -0.1) is 0 Å². The summed E-state index contributed by atoms with van der Waals surface area (Å²) in [6, 6.07) is 17.4. The van der Waals surface area contributed by atoms with Crippen LogP contribution in [-0.2, 0) is 32.3 Å². The van der Waals surface area contributed by atoms with Crippen molar-refractivity contribution in [2.45, 2.75) is 26.2 Å². The molecule has 0 heterocycles. The lowest BCUT2D eigenvalue weighted by Crippen LogP contribution is -2.46. The molecule has 2 aromatic rings. The maximum Gasteiger partial charge on any atom is 0.335 e. The molecule has 0 bridgehead atoms. The Hall–Kier alpha value is -2.92. The van der Waals surface area contributed by atoms with Crippen LogP contribution in [0.2, 0.25) is 0 Å². The van der Waals surface area contributed by atoms with E-state index in [9.17, 15) is 9.59 Å². The normalized spacial score (nSPS) is 10.4. The molecule has 2 aromatic carbocycles. The number of esters is 2. The van der Waals surface area contributed by atoms with E-state index in [-0.39, 0.29) is 13.2 Å². The number of hydrogen-bond donors (Lipinski definition) is 1. The molecular weight excluding hydrogens is 330 g/mol. The summed E-state index contributed by atoms with van der Waals surface area (Å²) in [5.74, 6) is -1.35. The van der Waals surface area contributed by atoms with Gasteiger partial charge in [-0.05, 0) is 18.1 Å². The van der Waals surface area contributed by atoms with Crippen LogP contribution in [0.25, 0.3) is 0 Å². The topological polar surface area (TPSA) is 64.6 Å². The fourth-order valence-corrected chi connectivity index (χ4v) is 2.16. The predicted molar refractivity (Wildman–Crippen MR) is 99.1 cm³/mol. The van der Waals surface area contributed by atoms with Crippen LogP contribution >= 0.6 is 0 Å². The Balaban J connectivity index is 1.95. The molecule has 0 saturated carbocycles. The van der Waals surface area contributed by atoms with Gasteiger partial charge in [0.2, 0.25) is 6.04 Å². The molecular formula is C21H23NO4. The number of nitrogens with one attached hydrogen (secondary N) is 1. The number of carbonyl (C=O) groups excluding carboxylic acids is 2. The van der Waals surface area contributed by atoms with Crippen LogP contribution in [0.3, 0.4) is 0 Å². The third kappa shape index (κ3) is 6.53. The molecule has 0 aliphatic carbocycles. The molecule has 0 spiro atoms. The van der Waals surface area contributed by atoms with Crippen LogP contribution < -0.4 is 5.32 Å². The Morgan fingerprint density at radius 2 is 1.31 bits per heavy atom. The zero-order valence-electron chi connectivity index (χ0n) is 14.8. The highest BCUT2D eigenvalue weighted by molar-refractivity contribution is 5.99. The average molecular weight is 353 g/mol. The molecule has 26 heavy (non-hydrogen) atoms. The molecule has 0 radical (unpaired) electrons. The first-order chi connectivity index (χ1) is 12.6. The van der Waals surface area contributed by atoms with Gasteiger partial charge in [-0.25, -0.2) is 9.59 Å². The maximum absolute atomic E-state index is 12.4. The van der Waals surface area contributed by atoms with Crippen molar-refractivity contribution >= 4 is 11.9 Å². The SMILES string of the molecule is C=C(C)CNC(C(=O)OCc1ccccc1)C(=O)OCc1ccccc1. The number of rotatable bonds is 9. The van der Waals surface area contributed by atoms with Crippen molar-refractivity contribution in [1.82, 2.24) is 5.32 Å². The van der Waals surface area contributed by atoms with Gasteiger partial charge in [-0.3, -0.25) is 5.32 Å². The van der Waals surface area contributed by atoms with Gasteiger partial charge in [0.15, 0.2) is 0 Å². The van der Waals surface area contributed by atoms with Gasteiger partial charge >= 0.3 is 11.9 Å². The first-order valence-electron chi connectivity index (χ1n) is 8.35. The highest BCUT2D eigenvalue weighted by Gasteiger charge is 2.29. The first-order valence-corrected chi connectivity index (χ1v) is 8.35. The van der Waals surface area contributed by atoms with E-state index in [1.165, 1.54) is 0 Å². The van der Waals surface area contributed by atoms with Gasteiger partial charge in [-0.1, -0.05) is 72.8 Å². The van der Waals surface area contributed by atoms with E-state index in [0.29, 0.717) is 6.54 Å². The van der Waals surface area contributed by atoms with Gasteiger partial charge in [0.05, 0.1) is 0 Å². The molecule has 0 amide bonds. The largest absolute Gasteiger partial charge is 0.459 e. The Morgan fingerprint density at radius 1 is 0.885 bits per heavy atom. The predicted octanol–water partition coefficient (Wildman–Crippen LogP) is 3.01.